The summed E-state index contributed by atoms with van der Waals surface area (Å²) in [6.45, 7) is 2.45. The number of rotatable bonds is 7. The molecule has 0 radical (unpaired) electrons. The third kappa shape index (κ3) is 4.63. The average molecular weight is 544 g/mol. The second kappa shape index (κ2) is 9.50. The smallest absolute Gasteiger partial charge is 0.275 e. The molecule has 0 spiro atoms. The lowest BCUT2D eigenvalue weighted by molar-refractivity contribution is 0.301. The molecule has 5 aromatic rings. The van der Waals surface area contributed by atoms with E-state index in [1.165, 1.54) is 35.2 Å². The summed E-state index contributed by atoms with van der Waals surface area (Å²) < 4.78 is 49.3. The van der Waals surface area contributed by atoms with Gasteiger partial charge in [0.05, 0.1) is 11.5 Å². The standard InChI is InChI=1S/C30H26FN3O4S/c1-19-3-9-23(10-4-19)39(36,37)34-14-13-24-26(17-33(2)30(35)29(24)34)25-15-21(22-8-12-28(31)32-16-22)7-11-27(25)38-18-20-5-6-20/h3-4,7-17,20H,5-6,18H2,1-2H3. The molecule has 0 amide bonds. The second-order valence-electron chi connectivity index (χ2n) is 9.99. The molecule has 0 unspecified atom stereocenters. The zero-order valence-corrected chi connectivity index (χ0v) is 22.3. The van der Waals surface area contributed by atoms with E-state index in [4.69, 9.17) is 4.74 Å². The van der Waals surface area contributed by atoms with Crippen LogP contribution in [0.25, 0.3) is 33.2 Å². The van der Waals surface area contributed by atoms with Gasteiger partial charge in [-0.3, -0.25) is 4.79 Å². The number of nitrogens with zero attached hydrogens (tertiary/aromatic N) is 3. The van der Waals surface area contributed by atoms with Gasteiger partial charge < -0.3 is 9.30 Å². The quantitative estimate of drug-likeness (QED) is 0.252. The molecule has 2 aromatic carbocycles. The van der Waals surface area contributed by atoms with Crippen molar-refractivity contribution in [1.29, 1.82) is 0 Å². The Bertz CT molecular complexity index is 1870. The Morgan fingerprint density at radius 1 is 1.00 bits per heavy atom. The highest BCUT2D eigenvalue weighted by atomic mass is 32.2. The number of fused-ring (bicyclic) bond motifs is 1. The molecule has 6 rings (SSSR count). The number of aryl methyl sites for hydroxylation is 2. The lowest BCUT2D eigenvalue weighted by atomic mass is 9.98. The van der Waals surface area contributed by atoms with Gasteiger partial charge in [0.1, 0.15) is 11.3 Å². The van der Waals surface area contributed by atoms with Crippen LogP contribution >= 0.6 is 0 Å². The van der Waals surface area contributed by atoms with Crippen molar-refractivity contribution in [1.82, 2.24) is 13.5 Å². The molecular formula is C30H26FN3O4S. The number of hydrogen-bond acceptors (Lipinski definition) is 5. The summed E-state index contributed by atoms with van der Waals surface area (Å²) >= 11 is 0. The maximum absolute atomic E-state index is 13.6. The van der Waals surface area contributed by atoms with Crippen molar-refractivity contribution in [2.24, 2.45) is 13.0 Å². The van der Waals surface area contributed by atoms with Crippen molar-refractivity contribution in [3.8, 4) is 28.0 Å². The number of hydrogen-bond donors (Lipinski definition) is 0. The topological polar surface area (TPSA) is 83.2 Å². The highest BCUT2D eigenvalue weighted by Crippen LogP contribution is 2.39. The number of aromatic nitrogens is 3. The van der Waals surface area contributed by atoms with E-state index in [9.17, 15) is 17.6 Å². The fourth-order valence-corrected chi connectivity index (χ4v) is 6.00. The molecule has 0 bridgehead atoms. The number of ether oxygens (including phenoxy) is 1. The Morgan fingerprint density at radius 2 is 1.74 bits per heavy atom. The Morgan fingerprint density at radius 3 is 2.44 bits per heavy atom. The van der Waals surface area contributed by atoms with Crippen LogP contribution in [0.2, 0.25) is 0 Å². The monoisotopic (exact) mass is 543 g/mol. The molecule has 3 heterocycles. The molecule has 1 fully saturated rings. The van der Waals surface area contributed by atoms with Crippen molar-refractivity contribution in [2.45, 2.75) is 24.7 Å². The molecule has 0 aliphatic heterocycles. The first-order chi connectivity index (χ1) is 18.7. The lowest BCUT2D eigenvalue weighted by Crippen LogP contribution is -2.22. The Balaban J connectivity index is 1.56. The van der Waals surface area contributed by atoms with E-state index in [2.05, 4.69) is 4.98 Å². The summed E-state index contributed by atoms with van der Waals surface area (Å²) in [4.78, 5) is 17.2. The normalized spacial score (nSPS) is 13.6. The van der Waals surface area contributed by atoms with Crippen molar-refractivity contribution < 1.29 is 17.5 Å². The highest BCUT2D eigenvalue weighted by Gasteiger charge is 2.25. The third-order valence-electron chi connectivity index (χ3n) is 7.07. The van der Waals surface area contributed by atoms with E-state index in [0.717, 1.165) is 27.9 Å². The summed E-state index contributed by atoms with van der Waals surface area (Å²) in [7, 11) is -2.43. The predicted molar refractivity (Wildman–Crippen MR) is 148 cm³/mol. The Kier molecular flexibility index (Phi) is 6.10. The van der Waals surface area contributed by atoms with E-state index >= 15 is 0 Å². The molecular weight excluding hydrogens is 517 g/mol. The van der Waals surface area contributed by atoms with Crippen molar-refractivity contribution in [3.05, 3.63) is 101 Å². The number of halogens is 1. The first-order valence-electron chi connectivity index (χ1n) is 12.6. The predicted octanol–water partition coefficient (Wildman–Crippen LogP) is 5.54. The van der Waals surface area contributed by atoms with E-state index in [1.54, 1.807) is 37.5 Å². The van der Waals surface area contributed by atoms with Crippen LogP contribution < -0.4 is 10.3 Å². The Labute approximate surface area is 225 Å². The van der Waals surface area contributed by atoms with Crippen LogP contribution in [0.15, 0.2) is 88.9 Å². The average Bonchev–Trinajstić information content (AvgIpc) is 3.65. The van der Waals surface area contributed by atoms with Gasteiger partial charge in [0.25, 0.3) is 15.6 Å². The van der Waals surface area contributed by atoms with Crippen LogP contribution in [0.1, 0.15) is 18.4 Å². The zero-order chi connectivity index (χ0) is 27.3. The van der Waals surface area contributed by atoms with E-state index < -0.39 is 21.5 Å². The van der Waals surface area contributed by atoms with Gasteiger partial charge in [-0.1, -0.05) is 23.8 Å². The molecule has 39 heavy (non-hydrogen) atoms. The van der Waals surface area contributed by atoms with Crippen LogP contribution in [0.3, 0.4) is 0 Å². The fourth-order valence-electron chi connectivity index (χ4n) is 4.65. The van der Waals surface area contributed by atoms with Gasteiger partial charge in [-0.05, 0) is 73.7 Å². The van der Waals surface area contributed by atoms with Gasteiger partial charge in [-0.15, -0.1) is 0 Å². The van der Waals surface area contributed by atoms with Gasteiger partial charge in [-0.2, -0.15) is 4.39 Å². The summed E-state index contributed by atoms with van der Waals surface area (Å²) in [6.07, 6.45) is 6.82. The molecule has 0 saturated heterocycles. The number of pyridine rings is 2. The molecule has 198 valence electrons. The second-order valence-corrected chi connectivity index (χ2v) is 11.8. The molecule has 0 N–H and O–H groups in total. The van der Waals surface area contributed by atoms with E-state index in [0.29, 0.717) is 40.4 Å². The molecule has 1 aliphatic rings. The maximum Gasteiger partial charge on any atom is 0.275 e. The lowest BCUT2D eigenvalue weighted by Gasteiger charge is -2.16. The van der Waals surface area contributed by atoms with Crippen molar-refractivity contribution in [2.75, 3.05) is 6.61 Å². The van der Waals surface area contributed by atoms with E-state index in [-0.39, 0.29) is 10.4 Å². The van der Waals surface area contributed by atoms with Crippen LogP contribution in [-0.4, -0.2) is 28.5 Å². The molecule has 0 atom stereocenters. The first-order valence-corrected chi connectivity index (χ1v) is 14.1. The molecule has 3 aromatic heterocycles. The summed E-state index contributed by atoms with van der Waals surface area (Å²) in [6, 6.07) is 16.8. The largest absolute Gasteiger partial charge is 0.493 e. The minimum Gasteiger partial charge on any atom is -0.493 e. The summed E-state index contributed by atoms with van der Waals surface area (Å²) in [5.74, 6) is 0.564. The van der Waals surface area contributed by atoms with Gasteiger partial charge in [0, 0.05) is 47.7 Å². The van der Waals surface area contributed by atoms with E-state index in [1.807, 2.05) is 25.1 Å². The van der Waals surface area contributed by atoms with Gasteiger partial charge in [0.2, 0.25) is 5.95 Å². The van der Waals surface area contributed by atoms with Gasteiger partial charge >= 0.3 is 0 Å². The minimum atomic E-state index is -4.03. The Hall–Kier alpha value is -4.24. The summed E-state index contributed by atoms with van der Waals surface area (Å²) in [5, 5.41) is 0.486. The van der Waals surface area contributed by atoms with Crippen LogP contribution in [-0.2, 0) is 17.1 Å². The number of benzene rings is 2. The SMILES string of the molecule is Cc1ccc(S(=O)(=O)n2ccc3c(-c4cc(-c5ccc(F)nc5)ccc4OCC4CC4)cn(C)c(=O)c32)cc1. The van der Waals surface area contributed by atoms with Crippen molar-refractivity contribution >= 4 is 20.9 Å². The summed E-state index contributed by atoms with van der Waals surface area (Å²) in [5.41, 5.74) is 3.39. The fraction of sp³-hybridized carbons (Fsp3) is 0.200. The molecule has 1 aliphatic carbocycles. The van der Waals surface area contributed by atoms with Crippen LogP contribution in [0.5, 0.6) is 5.75 Å². The van der Waals surface area contributed by atoms with Crippen LogP contribution in [0, 0.1) is 18.8 Å². The maximum atomic E-state index is 13.6. The zero-order valence-electron chi connectivity index (χ0n) is 21.5. The highest BCUT2D eigenvalue weighted by molar-refractivity contribution is 7.90. The molecule has 9 heteroatoms. The molecule has 7 nitrogen and oxygen atoms in total. The van der Waals surface area contributed by atoms with Gasteiger partial charge in [-0.25, -0.2) is 17.4 Å². The van der Waals surface area contributed by atoms with Crippen molar-refractivity contribution in [3.63, 3.8) is 0 Å². The van der Waals surface area contributed by atoms with Crippen LogP contribution in [0.4, 0.5) is 4.39 Å². The van der Waals surface area contributed by atoms with Gasteiger partial charge in [0.15, 0.2) is 0 Å². The first kappa shape index (κ1) is 25.1. The third-order valence-corrected chi connectivity index (χ3v) is 8.76. The minimum absolute atomic E-state index is 0.0533. The molecule has 1 saturated carbocycles.